The number of likely N-dealkylation sites (N-methyl/N-ethyl adjacent to an activating group) is 1. The van der Waals surface area contributed by atoms with Gasteiger partial charge in [0, 0.05) is 6.42 Å². The number of hydrogen-bond donors (Lipinski definition) is 2. The van der Waals surface area contributed by atoms with Crippen molar-refractivity contribution >= 4 is 13.7 Å². The molecule has 0 heterocycles. The van der Waals surface area contributed by atoms with Crippen molar-refractivity contribution in [3.05, 3.63) is 24.3 Å². The van der Waals surface area contributed by atoms with E-state index in [4.69, 9.17) is 9.05 Å². The van der Waals surface area contributed by atoms with E-state index in [0.29, 0.717) is 23.9 Å². The standard InChI is InChI=1S/C39H77N2O6P/c1-6-8-10-12-14-16-17-18-19-20-21-22-23-24-25-27-29-31-33-39(43)40-37(36-47-48(44,45)46-35-34-41(3,4)5)38(42)32-30-28-26-15-13-11-9-7-2/h16-17,19-20,37-38,42H,6-15,18,21-36H2,1-5H3,(H-,40,43,44,45)/b17-16-,20-19-. The van der Waals surface area contributed by atoms with Gasteiger partial charge in [0.05, 0.1) is 39.9 Å². The second-order valence-electron chi connectivity index (χ2n) is 14.6. The lowest BCUT2D eigenvalue weighted by Crippen LogP contribution is -2.46. The number of aliphatic hydroxyl groups is 1. The number of carbonyl (C=O) groups excluding carboxylic acids is 1. The molecule has 48 heavy (non-hydrogen) atoms. The zero-order valence-electron chi connectivity index (χ0n) is 31.9. The average Bonchev–Trinajstić information content (AvgIpc) is 3.02. The van der Waals surface area contributed by atoms with E-state index in [1.807, 2.05) is 21.1 Å². The average molecular weight is 701 g/mol. The summed E-state index contributed by atoms with van der Waals surface area (Å²) in [5.74, 6) is -0.177. The first-order valence-electron chi connectivity index (χ1n) is 19.7. The molecule has 0 fully saturated rings. The second-order valence-corrected chi connectivity index (χ2v) is 16.0. The van der Waals surface area contributed by atoms with E-state index in [2.05, 4.69) is 43.5 Å². The van der Waals surface area contributed by atoms with Crippen LogP contribution in [-0.2, 0) is 18.4 Å². The zero-order chi connectivity index (χ0) is 35.8. The number of nitrogens with one attached hydrogen (secondary N) is 1. The minimum absolute atomic E-state index is 0.0103. The highest BCUT2D eigenvalue weighted by molar-refractivity contribution is 7.45. The Kier molecular flexibility index (Phi) is 31.2. The smallest absolute Gasteiger partial charge is 0.268 e. The summed E-state index contributed by atoms with van der Waals surface area (Å²) < 4.78 is 23.1. The monoisotopic (exact) mass is 701 g/mol. The predicted octanol–water partition coefficient (Wildman–Crippen LogP) is 9.55. The second kappa shape index (κ2) is 31.9. The van der Waals surface area contributed by atoms with Gasteiger partial charge in [-0.3, -0.25) is 9.36 Å². The van der Waals surface area contributed by atoms with Crippen molar-refractivity contribution in [1.82, 2.24) is 5.32 Å². The highest BCUT2D eigenvalue weighted by Crippen LogP contribution is 2.38. The number of aliphatic hydroxyl groups excluding tert-OH is 1. The van der Waals surface area contributed by atoms with Crippen LogP contribution in [0.15, 0.2) is 24.3 Å². The summed E-state index contributed by atoms with van der Waals surface area (Å²) in [6.07, 6.45) is 34.7. The molecule has 9 heteroatoms. The third-order valence-corrected chi connectivity index (χ3v) is 9.66. The molecule has 3 unspecified atom stereocenters. The number of rotatable bonds is 35. The van der Waals surface area contributed by atoms with Crippen LogP contribution in [0.1, 0.15) is 168 Å². The summed E-state index contributed by atoms with van der Waals surface area (Å²) in [6.45, 7) is 4.64. The van der Waals surface area contributed by atoms with Crippen molar-refractivity contribution in [2.24, 2.45) is 0 Å². The lowest BCUT2D eigenvalue weighted by Gasteiger charge is -2.30. The van der Waals surface area contributed by atoms with Gasteiger partial charge >= 0.3 is 0 Å². The minimum Gasteiger partial charge on any atom is -0.756 e. The van der Waals surface area contributed by atoms with E-state index in [-0.39, 0.29) is 19.1 Å². The van der Waals surface area contributed by atoms with Crippen LogP contribution < -0.4 is 10.2 Å². The SMILES string of the molecule is CCCCCC/C=C\C/C=C\CCCCCCCCCC(=O)NC(COP(=O)([O-])OCC[N+](C)(C)C)C(O)CCCCCCCCCC. The van der Waals surface area contributed by atoms with Gasteiger partial charge in [0.1, 0.15) is 13.2 Å². The summed E-state index contributed by atoms with van der Waals surface area (Å²) >= 11 is 0. The number of phosphoric acid groups is 1. The lowest BCUT2D eigenvalue weighted by atomic mass is 10.0. The Morgan fingerprint density at radius 1 is 0.729 bits per heavy atom. The van der Waals surface area contributed by atoms with Gasteiger partial charge in [-0.15, -0.1) is 0 Å². The normalized spacial score (nSPS) is 14.9. The highest BCUT2D eigenvalue weighted by Gasteiger charge is 2.24. The quantitative estimate of drug-likeness (QED) is 0.0295. The molecule has 0 aromatic carbocycles. The molecule has 8 nitrogen and oxygen atoms in total. The van der Waals surface area contributed by atoms with E-state index in [0.717, 1.165) is 51.4 Å². The maximum absolute atomic E-state index is 12.8. The molecule has 0 bridgehead atoms. The van der Waals surface area contributed by atoms with Crippen LogP contribution in [-0.4, -0.2) is 68.5 Å². The van der Waals surface area contributed by atoms with Crippen LogP contribution >= 0.6 is 7.82 Å². The van der Waals surface area contributed by atoms with Gasteiger partial charge in [-0.25, -0.2) is 0 Å². The minimum atomic E-state index is -4.55. The van der Waals surface area contributed by atoms with E-state index >= 15 is 0 Å². The molecule has 3 atom stereocenters. The van der Waals surface area contributed by atoms with Crippen LogP contribution in [0.4, 0.5) is 0 Å². The number of hydrogen-bond acceptors (Lipinski definition) is 6. The molecule has 0 rings (SSSR count). The summed E-state index contributed by atoms with van der Waals surface area (Å²) in [4.78, 5) is 25.1. The first-order valence-corrected chi connectivity index (χ1v) is 21.1. The van der Waals surface area contributed by atoms with Gasteiger partial charge in [0.15, 0.2) is 0 Å². The largest absolute Gasteiger partial charge is 0.756 e. The van der Waals surface area contributed by atoms with Crippen LogP contribution in [0.2, 0.25) is 0 Å². The summed E-state index contributed by atoms with van der Waals surface area (Å²) in [5.41, 5.74) is 0. The van der Waals surface area contributed by atoms with Gasteiger partial charge in [-0.2, -0.15) is 0 Å². The van der Waals surface area contributed by atoms with Crippen molar-refractivity contribution in [3.8, 4) is 0 Å². The van der Waals surface area contributed by atoms with Crippen molar-refractivity contribution in [2.45, 2.75) is 180 Å². The Bertz CT molecular complexity index is 845. The predicted molar refractivity (Wildman–Crippen MR) is 201 cm³/mol. The van der Waals surface area contributed by atoms with Gasteiger partial charge in [0.2, 0.25) is 5.91 Å². The third kappa shape index (κ3) is 33.5. The molecule has 2 N–H and O–H groups in total. The Balaban J connectivity index is 4.34. The van der Waals surface area contributed by atoms with E-state index in [1.165, 1.54) is 89.9 Å². The maximum Gasteiger partial charge on any atom is 0.268 e. The van der Waals surface area contributed by atoms with E-state index in [1.54, 1.807) is 0 Å². The molecular weight excluding hydrogens is 623 g/mol. The molecule has 0 aliphatic carbocycles. The number of allylic oxidation sites excluding steroid dienone is 4. The van der Waals surface area contributed by atoms with Crippen LogP contribution in [0.5, 0.6) is 0 Å². The molecule has 0 aromatic rings. The number of amides is 1. The van der Waals surface area contributed by atoms with Crippen LogP contribution in [0.25, 0.3) is 0 Å². The zero-order valence-corrected chi connectivity index (χ0v) is 32.8. The molecule has 0 saturated heterocycles. The molecule has 0 spiro atoms. The molecule has 0 aliphatic rings. The molecular formula is C39H77N2O6P. The molecule has 284 valence electrons. The fraction of sp³-hybridized carbons (Fsp3) is 0.872. The molecule has 1 amide bonds. The first kappa shape index (κ1) is 47.0. The van der Waals surface area contributed by atoms with Crippen molar-refractivity contribution in [3.63, 3.8) is 0 Å². The fourth-order valence-electron chi connectivity index (χ4n) is 5.48. The summed E-state index contributed by atoms with van der Waals surface area (Å²) in [5, 5.41) is 13.8. The molecule has 0 aromatic heterocycles. The number of phosphoric ester groups is 1. The van der Waals surface area contributed by atoms with Crippen molar-refractivity contribution in [2.75, 3.05) is 40.9 Å². The van der Waals surface area contributed by atoms with Crippen molar-refractivity contribution < 1.29 is 32.9 Å². The van der Waals surface area contributed by atoms with Gasteiger partial charge < -0.3 is 28.8 Å². The van der Waals surface area contributed by atoms with Crippen molar-refractivity contribution in [1.29, 1.82) is 0 Å². The van der Waals surface area contributed by atoms with Gasteiger partial charge in [-0.1, -0.05) is 141 Å². The number of carbonyl (C=O) groups is 1. The van der Waals surface area contributed by atoms with Crippen LogP contribution in [0.3, 0.4) is 0 Å². The molecule has 0 radical (unpaired) electrons. The lowest BCUT2D eigenvalue weighted by molar-refractivity contribution is -0.870. The molecule has 0 aliphatic heterocycles. The Morgan fingerprint density at radius 3 is 1.75 bits per heavy atom. The number of unbranched alkanes of at least 4 members (excludes halogenated alkanes) is 18. The highest BCUT2D eigenvalue weighted by atomic mass is 31.2. The Morgan fingerprint density at radius 2 is 1.21 bits per heavy atom. The Hall–Kier alpha value is -1.02. The van der Waals surface area contributed by atoms with Gasteiger partial charge in [-0.05, 0) is 44.9 Å². The Labute approximate surface area is 296 Å². The maximum atomic E-state index is 12.8. The molecule has 0 saturated carbocycles. The summed E-state index contributed by atoms with van der Waals surface area (Å²) in [7, 11) is 1.29. The summed E-state index contributed by atoms with van der Waals surface area (Å²) in [6, 6.07) is -0.799. The van der Waals surface area contributed by atoms with Crippen LogP contribution in [0, 0.1) is 0 Å². The number of quaternary nitrogens is 1. The fourth-order valence-corrected chi connectivity index (χ4v) is 6.20. The van der Waals surface area contributed by atoms with E-state index < -0.39 is 20.0 Å². The topological polar surface area (TPSA) is 108 Å². The van der Waals surface area contributed by atoms with Gasteiger partial charge in [0.25, 0.3) is 7.82 Å². The van der Waals surface area contributed by atoms with E-state index in [9.17, 15) is 19.4 Å². The number of nitrogens with zero attached hydrogens (tertiary/aromatic N) is 1. The first-order chi connectivity index (χ1) is 23.0. The third-order valence-electron chi connectivity index (χ3n) is 8.69.